The van der Waals surface area contributed by atoms with Crippen molar-refractivity contribution < 1.29 is 10.2 Å². The molecule has 0 radical (unpaired) electrons. The molecule has 0 aromatic carbocycles. The van der Waals surface area contributed by atoms with Gasteiger partial charge in [0.15, 0.2) is 0 Å². The zero-order chi connectivity index (χ0) is 11.5. The van der Waals surface area contributed by atoms with E-state index in [9.17, 15) is 10.2 Å². The van der Waals surface area contributed by atoms with E-state index < -0.39 is 11.2 Å². The van der Waals surface area contributed by atoms with Crippen molar-refractivity contribution in [2.75, 3.05) is 0 Å². The Morgan fingerprint density at radius 2 is 1.07 bits per heavy atom. The standard InChI is InChI=1S/C13H24O2/c1-11(2,14)9-5-13(6-9)7-10(8-13)12(3,4)15/h9-10,14-15H,5-8H2,1-4H3. The maximum Gasteiger partial charge on any atom is 0.0620 e. The van der Waals surface area contributed by atoms with Crippen molar-refractivity contribution >= 4 is 0 Å². The van der Waals surface area contributed by atoms with Gasteiger partial charge in [0, 0.05) is 0 Å². The fourth-order valence-electron chi connectivity index (χ4n) is 3.30. The zero-order valence-electron chi connectivity index (χ0n) is 10.4. The molecule has 2 fully saturated rings. The maximum atomic E-state index is 9.87. The molecule has 2 N–H and O–H groups in total. The number of hydrogen-bond acceptors (Lipinski definition) is 2. The summed E-state index contributed by atoms with van der Waals surface area (Å²) in [6, 6.07) is 0. The van der Waals surface area contributed by atoms with Crippen LogP contribution < -0.4 is 0 Å². The van der Waals surface area contributed by atoms with E-state index in [0.29, 0.717) is 17.3 Å². The number of aliphatic hydroxyl groups is 2. The Hall–Kier alpha value is -0.0800. The van der Waals surface area contributed by atoms with Crippen LogP contribution in [0.25, 0.3) is 0 Å². The van der Waals surface area contributed by atoms with E-state index >= 15 is 0 Å². The molecule has 0 saturated heterocycles. The molecule has 0 aliphatic heterocycles. The molecule has 2 rings (SSSR count). The van der Waals surface area contributed by atoms with E-state index in [0.717, 1.165) is 25.7 Å². The highest BCUT2D eigenvalue weighted by Crippen LogP contribution is 2.64. The SMILES string of the molecule is CC(C)(O)C1CC2(C1)CC(C(C)(C)O)C2. The summed E-state index contributed by atoms with van der Waals surface area (Å²) < 4.78 is 0. The Morgan fingerprint density at radius 3 is 1.27 bits per heavy atom. The van der Waals surface area contributed by atoms with Gasteiger partial charge in [-0.1, -0.05) is 0 Å². The maximum absolute atomic E-state index is 9.87. The average Bonchev–Trinajstić information content (AvgIpc) is 1.71. The summed E-state index contributed by atoms with van der Waals surface area (Å²) in [5.41, 5.74) is -0.536. The third-order valence-electron chi connectivity index (χ3n) is 4.72. The molecule has 0 aromatic heterocycles. The third-order valence-corrected chi connectivity index (χ3v) is 4.72. The first-order chi connectivity index (χ1) is 6.62. The minimum absolute atomic E-state index is 0.472. The Morgan fingerprint density at radius 1 is 0.800 bits per heavy atom. The lowest BCUT2D eigenvalue weighted by Gasteiger charge is -2.62. The molecule has 0 bridgehead atoms. The molecule has 88 valence electrons. The van der Waals surface area contributed by atoms with Gasteiger partial charge in [0.1, 0.15) is 0 Å². The van der Waals surface area contributed by atoms with Gasteiger partial charge in [0.25, 0.3) is 0 Å². The fraction of sp³-hybridized carbons (Fsp3) is 1.00. The monoisotopic (exact) mass is 212 g/mol. The largest absolute Gasteiger partial charge is 0.390 e. The summed E-state index contributed by atoms with van der Waals surface area (Å²) in [6.45, 7) is 7.65. The van der Waals surface area contributed by atoms with Gasteiger partial charge >= 0.3 is 0 Å². The Balaban J connectivity index is 1.83. The molecule has 1 spiro atoms. The molecule has 15 heavy (non-hydrogen) atoms. The first-order valence-electron chi connectivity index (χ1n) is 6.07. The smallest absolute Gasteiger partial charge is 0.0620 e. The summed E-state index contributed by atoms with van der Waals surface area (Å²) in [5, 5.41) is 19.7. The van der Waals surface area contributed by atoms with Crippen molar-refractivity contribution in [3.63, 3.8) is 0 Å². The van der Waals surface area contributed by atoms with E-state index in [1.54, 1.807) is 0 Å². The summed E-state index contributed by atoms with van der Waals surface area (Å²) in [7, 11) is 0. The number of rotatable bonds is 2. The van der Waals surface area contributed by atoms with Crippen LogP contribution in [0.3, 0.4) is 0 Å². The molecule has 2 nitrogen and oxygen atoms in total. The Bertz CT molecular complexity index is 213. The highest BCUT2D eigenvalue weighted by atomic mass is 16.3. The van der Waals surface area contributed by atoms with Gasteiger partial charge in [-0.3, -0.25) is 0 Å². The van der Waals surface area contributed by atoms with Crippen molar-refractivity contribution in [2.24, 2.45) is 17.3 Å². The molecule has 0 amide bonds. The predicted octanol–water partition coefficient (Wildman–Crippen LogP) is 2.33. The van der Waals surface area contributed by atoms with Gasteiger partial charge in [-0.25, -0.2) is 0 Å². The van der Waals surface area contributed by atoms with Crippen molar-refractivity contribution in [2.45, 2.75) is 64.6 Å². The van der Waals surface area contributed by atoms with Crippen molar-refractivity contribution in [3.05, 3.63) is 0 Å². The number of hydrogen-bond donors (Lipinski definition) is 2. The molecular weight excluding hydrogens is 188 g/mol. The molecule has 0 atom stereocenters. The average molecular weight is 212 g/mol. The first kappa shape index (κ1) is 11.4. The fourth-order valence-corrected chi connectivity index (χ4v) is 3.30. The lowest BCUT2D eigenvalue weighted by molar-refractivity contribution is -0.174. The molecule has 2 aliphatic carbocycles. The summed E-state index contributed by atoms with van der Waals surface area (Å²) in [5.74, 6) is 0.945. The first-order valence-corrected chi connectivity index (χ1v) is 6.07. The van der Waals surface area contributed by atoms with Crippen molar-refractivity contribution in [1.82, 2.24) is 0 Å². The van der Waals surface area contributed by atoms with E-state index in [2.05, 4.69) is 0 Å². The van der Waals surface area contributed by atoms with Crippen molar-refractivity contribution in [3.8, 4) is 0 Å². The van der Waals surface area contributed by atoms with Gasteiger partial charge < -0.3 is 10.2 Å². The second-order valence-electron chi connectivity index (χ2n) is 7.02. The molecule has 0 heterocycles. The van der Waals surface area contributed by atoms with Crippen LogP contribution in [0.1, 0.15) is 53.4 Å². The molecular formula is C13H24O2. The summed E-state index contributed by atoms with van der Waals surface area (Å²) >= 11 is 0. The Labute approximate surface area is 92.7 Å². The van der Waals surface area contributed by atoms with Crippen molar-refractivity contribution in [1.29, 1.82) is 0 Å². The van der Waals surface area contributed by atoms with Gasteiger partial charge in [-0.2, -0.15) is 0 Å². The minimum atomic E-state index is -0.509. The van der Waals surface area contributed by atoms with E-state index in [4.69, 9.17) is 0 Å². The van der Waals surface area contributed by atoms with Gasteiger partial charge in [0.05, 0.1) is 11.2 Å². The molecule has 2 heteroatoms. The van der Waals surface area contributed by atoms with Crippen LogP contribution in [0.15, 0.2) is 0 Å². The highest BCUT2D eigenvalue weighted by molar-refractivity contribution is 5.08. The lowest BCUT2D eigenvalue weighted by atomic mass is 9.44. The van der Waals surface area contributed by atoms with E-state index in [1.807, 2.05) is 27.7 Å². The second-order valence-corrected chi connectivity index (χ2v) is 7.02. The topological polar surface area (TPSA) is 40.5 Å². The normalized spacial score (nSPS) is 41.2. The molecule has 2 aliphatic rings. The predicted molar refractivity (Wildman–Crippen MR) is 60.5 cm³/mol. The highest BCUT2D eigenvalue weighted by Gasteiger charge is 2.58. The lowest BCUT2D eigenvalue weighted by Crippen LogP contribution is -2.57. The quantitative estimate of drug-likeness (QED) is 0.737. The van der Waals surface area contributed by atoms with Crippen LogP contribution in [0, 0.1) is 17.3 Å². The molecule has 0 aromatic rings. The van der Waals surface area contributed by atoms with Crippen LogP contribution >= 0.6 is 0 Å². The van der Waals surface area contributed by atoms with Gasteiger partial charge in [-0.05, 0) is 70.6 Å². The van der Waals surface area contributed by atoms with Crippen LogP contribution in [0.2, 0.25) is 0 Å². The molecule has 0 unspecified atom stereocenters. The van der Waals surface area contributed by atoms with Crippen LogP contribution in [0.4, 0.5) is 0 Å². The third kappa shape index (κ3) is 1.94. The molecule has 2 saturated carbocycles. The zero-order valence-corrected chi connectivity index (χ0v) is 10.4. The Kier molecular flexibility index (Phi) is 2.27. The van der Waals surface area contributed by atoms with Crippen LogP contribution in [-0.4, -0.2) is 21.4 Å². The van der Waals surface area contributed by atoms with E-state index in [-0.39, 0.29) is 0 Å². The van der Waals surface area contributed by atoms with Gasteiger partial charge in [0.2, 0.25) is 0 Å². The van der Waals surface area contributed by atoms with Crippen LogP contribution in [0.5, 0.6) is 0 Å². The second kappa shape index (κ2) is 2.98. The van der Waals surface area contributed by atoms with Crippen LogP contribution in [-0.2, 0) is 0 Å². The minimum Gasteiger partial charge on any atom is -0.390 e. The summed E-state index contributed by atoms with van der Waals surface area (Å²) in [6.07, 6.45) is 4.62. The van der Waals surface area contributed by atoms with Gasteiger partial charge in [-0.15, -0.1) is 0 Å². The van der Waals surface area contributed by atoms with E-state index in [1.165, 1.54) is 0 Å². The summed E-state index contributed by atoms with van der Waals surface area (Å²) in [4.78, 5) is 0.